The number of hydrogen-bond acceptors (Lipinski definition) is 3. The Balaban J connectivity index is 2.20. The summed E-state index contributed by atoms with van der Waals surface area (Å²) in [6.45, 7) is 7.88. The average Bonchev–Trinajstić information content (AvgIpc) is 2.72. The van der Waals surface area contributed by atoms with Gasteiger partial charge in [-0.25, -0.2) is 4.39 Å². The molecule has 2 unspecified atom stereocenters. The second kappa shape index (κ2) is 11.3. The van der Waals surface area contributed by atoms with E-state index in [9.17, 15) is 14.0 Å². The summed E-state index contributed by atoms with van der Waals surface area (Å²) in [7, 11) is 0. The molecule has 2 aromatic rings. The second-order valence-corrected chi connectivity index (χ2v) is 7.50. The molecule has 2 rings (SSSR count). The van der Waals surface area contributed by atoms with Crippen molar-refractivity contribution < 1.29 is 18.7 Å². The van der Waals surface area contributed by atoms with E-state index in [-0.39, 0.29) is 30.3 Å². The van der Waals surface area contributed by atoms with Gasteiger partial charge in [0.2, 0.25) is 5.91 Å². The summed E-state index contributed by atoms with van der Waals surface area (Å²) in [6.07, 6.45) is 1.29. The second-order valence-electron chi connectivity index (χ2n) is 7.50. The van der Waals surface area contributed by atoms with Crippen molar-refractivity contribution >= 4 is 11.8 Å². The third-order valence-corrected chi connectivity index (χ3v) is 5.00. The van der Waals surface area contributed by atoms with Gasteiger partial charge >= 0.3 is 0 Å². The van der Waals surface area contributed by atoms with Crippen LogP contribution in [0.1, 0.15) is 44.7 Å². The fraction of sp³-hybridized carbons (Fsp3) is 0.417. The van der Waals surface area contributed by atoms with Gasteiger partial charge in [-0.15, -0.1) is 0 Å². The lowest BCUT2D eigenvalue weighted by molar-refractivity contribution is -0.143. The maximum Gasteiger partial charge on any atom is 0.261 e. The highest BCUT2D eigenvalue weighted by Crippen LogP contribution is 2.16. The Labute approximate surface area is 178 Å². The van der Waals surface area contributed by atoms with E-state index in [0.29, 0.717) is 18.7 Å². The number of aryl methyl sites for hydroxylation is 1. The predicted molar refractivity (Wildman–Crippen MR) is 116 cm³/mol. The zero-order chi connectivity index (χ0) is 22.1. The van der Waals surface area contributed by atoms with Gasteiger partial charge in [0.1, 0.15) is 17.6 Å². The molecule has 30 heavy (non-hydrogen) atoms. The number of ether oxygens (including phenoxy) is 1. The molecule has 0 radical (unpaired) electrons. The normalized spacial score (nSPS) is 12.7. The van der Waals surface area contributed by atoms with E-state index in [0.717, 1.165) is 17.5 Å². The van der Waals surface area contributed by atoms with Crippen molar-refractivity contribution in [3.8, 4) is 5.75 Å². The monoisotopic (exact) mass is 414 g/mol. The number of carbonyl (C=O) groups is 2. The molecule has 6 heteroatoms. The summed E-state index contributed by atoms with van der Waals surface area (Å²) in [5.41, 5.74) is 2.03. The highest BCUT2D eigenvalue weighted by Gasteiger charge is 2.29. The lowest BCUT2D eigenvalue weighted by atomic mass is 10.1. The van der Waals surface area contributed by atoms with E-state index >= 15 is 0 Å². The van der Waals surface area contributed by atoms with Crippen LogP contribution in [0.15, 0.2) is 48.5 Å². The van der Waals surface area contributed by atoms with Crippen molar-refractivity contribution in [1.82, 2.24) is 10.2 Å². The number of benzene rings is 2. The number of nitrogens with one attached hydrogen (secondary N) is 1. The summed E-state index contributed by atoms with van der Waals surface area (Å²) < 4.78 is 18.6. The van der Waals surface area contributed by atoms with Gasteiger partial charge < -0.3 is 15.0 Å². The van der Waals surface area contributed by atoms with Crippen molar-refractivity contribution in [3.63, 3.8) is 0 Å². The molecule has 0 aliphatic rings. The largest absolute Gasteiger partial charge is 0.484 e. The van der Waals surface area contributed by atoms with E-state index < -0.39 is 6.04 Å². The fourth-order valence-corrected chi connectivity index (χ4v) is 3.13. The molecule has 2 atom stereocenters. The minimum atomic E-state index is -0.608. The van der Waals surface area contributed by atoms with Gasteiger partial charge in [0.25, 0.3) is 5.91 Å². The Hall–Kier alpha value is -2.89. The maximum atomic E-state index is 13.1. The van der Waals surface area contributed by atoms with Crippen molar-refractivity contribution in [1.29, 1.82) is 0 Å². The van der Waals surface area contributed by atoms with Gasteiger partial charge in [0, 0.05) is 12.6 Å². The molecule has 0 heterocycles. The molecule has 5 nitrogen and oxygen atoms in total. The molecule has 0 aliphatic heterocycles. The summed E-state index contributed by atoms with van der Waals surface area (Å²) in [4.78, 5) is 27.5. The molecule has 0 aromatic heterocycles. The average molecular weight is 415 g/mol. The Kier molecular flexibility index (Phi) is 8.84. The Bertz CT molecular complexity index is 839. The van der Waals surface area contributed by atoms with Gasteiger partial charge in [-0.1, -0.05) is 43.7 Å². The summed E-state index contributed by atoms with van der Waals surface area (Å²) in [5, 5.41) is 2.98. The van der Waals surface area contributed by atoms with Crippen LogP contribution in [0.25, 0.3) is 0 Å². The molecule has 0 aliphatic carbocycles. The highest BCUT2D eigenvalue weighted by atomic mass is 19.1. The zero-order valence-corrected chi connectivity index (χ0v) is 18.2. The smallest absolute Gasteiger partial charge is 0.261 e. The summed E-state index contributed by atoms with van der Waals surface area (Å²) in [6, 6.07) is 12.8. The lowest BCUT2D eigenvalue weighted by Crippen LogP contribution is -2.51. The quantitative estimate of drug-likeness (QED) is 0.633. The highest BCUT2D eigenvalue weighted by molar-refractivity contribution is 5.88. The number of rotatable bonds is 10. The number of amides is 2. The molecule has 0 saturated heterocycles. The third-order valence-electron chi connectivity index (χ3n) is 5.00. The van der Waals surface area contributed by atoms with Crippen molar-refractivity contribution in [2.75, 3.05) is 6.61 Å². The standard InChI is InChI=1S/C24H31FN2O3/c1-5-18(4)26-24(29)22(6-2)27(15-19-9-7-8-17(3)14-19)23(28)16-30-21-12-10-20(25)11-13-21/h7-14,18,22H,5-6,15-16H2,1-4H3,(H,26,29). The molecule has 0 spiro atoms. The van der Waals surface area contributed by atoms with E-state index in [1.165, 1.54) is 24.3 Å². The maximum absolute atomic E-state index is 13.1. The van der Waals surface area contributed by atoms with Crippen molar-refractivity contribution in [2.24, 2.45) is 0 Å². The first kappa shape index (κ1) is 23.4. The number of halogens is 1. The van der Waals surface area contributed by atoms with E-state index in [1.54, 1.807) is 4.90 Å². The summed E-state index contributed by atoms with van der Waals surface area (Å²) in [5.74, 6) is -0.443. The van der Waals surface area contributed by atoms with Crippen LogP contribution in [-0.2, 0) is 16.1 Å². The Morgan fingerprint density at radius 2 is 1.80 bits per heavy atom. The van der Waals surface area contributed by atoms with Gasteiger partial charge in [-0.3, -0.25) is 9.59 Å². The molecule has 2 amide bonds. The first-order valence-corrected chi connectivity index (χ1v) is 10.4. The molecule has 0 bridgehead atoms. The van der Waals surface area contributed by atoms with Crippen molar-refractivity contribution in [2.45, 2.75) is 59.2 Å². The topological polar surface area (TPSA) is 58.6 Å². The fourth-order valence-electron chi connectivity index (χ4n) is 3.13. The molecular formula is C24H31FN2O3. The molecule has 2 aromatic carbocycles. The van der Waals surface area contributed by atoms with Crippen LogP contribution in [0, 0.1) is 12.7 Å². The minimum Gasteiger partial charge on any atom is -0.484 e. The van der Waals surface area contributed by atoms with Gasteiger partial charge in [-0.05, 0) is 56.5 Å². The first-order valence-electron chi connectivity index (χ1n) is 10.4. The number of carbonyl (C=O) groups excluding carboxylic acids is 2. The van der Waals surface area contributed by atoms with E-state index in [4.69, 9.17) is 4.74 Å². The Morgan fingerprint density at radius 1 is 1.10 bits per heavy atom. The lowest BCUT2D eigenvalue weighted by Gasteiger charge is -2.31. The zero-order valence-electron chi connectivity index (χ0n) is 18.2. The molecule has 1 N–H and O–H groups in total. The van der Waals surface area contributed by atoms with E-state index in [2.05, 4.69) is 5.32 Å². The van der Waals surface area contributed by atoms with E-state index in [1.807, 2.05) is 52.0 Å². The van der Waals surface area contributed by atoms with Crippen LogP contribution in [0.3, 0.4) is 0 Å². The number of hydrogen-bond donors (Lipinski definition) is 1. The van der Waals surface area contributed by atoms with Crippen LogP contribution in [-0.4, -0.2) is 35.4 Å². The third kappa shape index (κ3) is 6.87. The van der Waals surface area contributed by atoms with Crippen LogP contribution in [0.4, 0.5) is 4.39 Å². The van der Waals surface area contributed by atoms with Crippen LogP contribution in [0.5, 0.6) is 5.75 Å². The Morgan fingerprint density at radius 3 is 2.40 bits per heavy atom. The van der Waals surface area contributed by atoms with Crippen molar-refractivity contribution in [3.05, 3.63) is 65.5 Å². The first-order chi connectivity index (χ1) is 14.3. The van der Waals surface area contributed by atoms with Crippen LogP contribution >= 0.6 is 0 Å². The molecule has 0 saturated carbocycles. The van der Waals surface area contributed by atoms with Gasteiger partial charge in [0.15, 0.2) is 6.61 Å². The van der Waals surface area contributed by atoms with Gasteiger partial charge in [-0.2, -0.15) is 0 Å². The molecule has 162 valence electrons. The van der Waals surface area contributed by atoms with Crippen LogP contribution < -0.4 is 10.1 Å². The molecule has 0 fully saturated rings. The predicted octanol–water partition coefficient (Wildman–Crippen LogP) is 4.24. The number of nitrogens with zero attached hydrogens (tertiary/aromatic N) is 1. The van der Waals surface area contributed by atoms with Gasteiger partial charge in [0.05, 0.1) is 0 Å². The minimum absolute atomic E-state index is 0.0259. The summed E-state index contributed by atoms with van der Waals surface area (Å²) >= 11 is 0. The SMILES string of the molecule is CCC(C)NC(=O)C(CC)N(Cc1cccc(C)c1)C(=O)COc1ccc(F)cc1. The molecular weight excluding hydrogens is 383 g/mol. The van der Waals surface area contributed by atoms with Crippen LogP contribution in [0.2, 0.25) is 0 Å².